The molecule has 28 heavy (non-hydrogen) atoms. The van der Waals surface area contributed by atoms with Crippen molar-refractivity contribution in [2.45, 2.75) is 12.8 Å². The molecule has 3 rings (SSSR count). The number of methoxy groups -OCH3 is 1. The van der Waals surface area contributed by atoms with Gasteiger partial charge in [-0.3, -0.25) is 9.59 Å². The highest BCUT2D eigenvalue weighted by molar-refractivity contribution is 6.05. The summed E-state index contributed by atoms with van der Waals surface area (Å²) in [6.07, 6.45) is 1.60. The van der Waals surface area contributed by atoms with E-state index in [0.717, 1.165) is 18.9 Å². The van der Waals surface area contributed by atoms with E-state index < -0.39 is 17.5 Å². The van der Waals surface area contributed by atoms with E-state index in [4.69, 9.17) is 10.5 Å². The quantitative estimate of drug-likeness (QED) is 0.601. The molecule has 5 N–H and O–H groups in total. The summed E-state index contributed by atoms with van der Waals surface area (Å²) in [5, 5.41) is 7.88. The Bertz CT molecular complexity index is 947. The van der Waals surface area contributed by atoms with E-state index in [1.807, 2.05) is 0 Å². The molecule has 0 aliphatic heterocycles. The van der Waals surface area contributed by atoms with E-state index in [9.17, 15) is 18.4 Å². The molecule has 1 aromatic carbocycles. The maximum atomic E-state index is 14.0. The molecule has 1 aromatic heterocycles. The third kappa shape index (κ3) is 3.80. The van der Waals surface area contributed by atoms with Crippen LogP contribution in [-0.2, 0) is 4.79 Å². The third-order valence-corrected chi connectivity index (χ3v) is 4.22. The number of nitrogens with zero attached hydrogens (tertiary/aromatic N) is 1. The average molecular weight is 391 g/mol. The summed E-state index contributed by atoms with van der Waals surface area (Å²) in [6.45, 7) is 0. The maximum Gasteiger partial charge on any atom is 0.256 e. The first-order valence-electron chi connectivity index (χ1n) is 8.48. The molecule has 0 saturated heterocycles. The second-order valence-electron chi connectivity index (χ2n) is 6.23. The molecule has 1 saturated carbocycles. The first kappa shape index (κ1) is 19.3. The first-order chi connectivity index (χ1) is 13.3. The zero-order chi connectivity index (χ0) is 20.4. The predicted octanol–water partition coefficient (Wildman–Crippen LogP) is 2.40. The fourth-order valence-electron chi connectivity index (χ4n) is 2.64. The van der Waals surface area contributed by atoms with E-state index in [-0.39, 0.29) is 46.1 Å². The van der Waals surface area contributed by atoms with Crippen LogP contribution in [0.1, 0.15) is 23.2 Å². The van der Waals surface area contributed by atoms with Gasteiger partial charge in [0, 0.05) is 19.0 Å². The maximum absolute atomic E-state index is 14.0. The molecule has 148 valence electrons. The predicted molar refractivity (Wildman–Crippen MR) is 99.6 cm³/mol. The summed E-state index contributed by atoms with van der Waals surface area (Å²) in [6, 6.07) is 3.56. The minimum atomic E-state index is -1.18. The number of pyridine rings is 1. The SMILES string of the molecule is CNC(=O)c1c(Nc2ccc(F)c(F)c2OC)cc(NC(=O)C2CC2)nc1N. The van der Waals surface area contributed by atoms with Gasteiger partial charge in [-0.2, -0.15) is 4.39 Å². The van der Waals surface area contributed by atoms with Gasteiger partial charge in [-0.15, -0.1) is 0 Å². The molecule has 1 aliphatic rings. The molecule has 2 amide bonds. The van der Waals surface area contributed by atoms with Gasteiger partial charge in [-0.05, 0) is 25.0 Å². The van der Waals surface area contributed by atoms with Gasteiger partial charge < -0.3 is 26.4 Å². The summed E-state index contributed by atoms with van der Waals surface area (Å²) in [5.74, 6) is -3.46. The van der Waals surface area contributed by atoms with E-state index in [0.29, 0.717) is 0 Å². The van der Waals surface area contributed by atoms with Gasteiger partial charge in [0.1, 0.15) is 17.2 Å². The second kappa shape index (κ2) is 7.67. The summed E-state index contributed by atoms with van der Waals surface area (Å²) in [7, 11) is 2.59. The lowest BCUT2D eigenvalue weighted by Crippen LogP contribution is -2.23. The van der Waals surface area contributed by atoms with Crippen LogP contribution in [0.2, 0.25) is 0 Å². The Kier molecular flexibility index (Phi) is 5.30. The lowest BCUT2D eigenvalue weighted by molar-refractivity contribution is -0.117. The van der Waals surface area contributed by atoms with Crippen molar-refractivity contribution in [1.29, 1.82) is 0 Å². The zero-order valence-electron chi connectivity index (χ0n) is 15.2. The van der Waals surface area contributed by atoms with Crippen molar-refractivity contribution in [1.82, 2.24) is 10.3 Å². The molecule has 1 fully saturated rings. The number of nitrogens with one attached hydrogen (secondary N) is 3. The van der Waals surface area contributed by atoms with Crippen LogP contribution in [-0.4, -0.2) is 31.0 Å². The van der Waals surface area contributed by atoms with Crippen molar-refractivity contribution in [3.63, 3.8) is 0 Å². The number of nitrogens with two attached hydrogens (primary N) is 1. The van der Waals surface area contributed by atoms with Crippen LogP contribution in [0.4, 0.5) is 31.8 Å². The first-order valence-corrected chi connectivity index (χ1v) is 8.48. The number of halogens is 2. The van der Waals surface area contributed by atoms with E-state index in [2.05, 4.69) is 20.9 Å². The monoisotopic (exact) mass is 391 g/mol. The van der Waals surface area contributed by atoms with Gasteiger partial charge in [-0.25, -0.2) is 9.37 Å². The highest BCUT2D eigenvalue weighted by atomic mass is 19.2. The van der Waals surface area contributed by atoms with Gasteiger partial charge >= 0.3 is 0 Å². The highest BCUT2D eigenvalue weighted by Crippen LogP contribution is 2.35. The number of carbonyl (C=O) groups is 2. The Morgan fingerprint density at radius 3 is 2.57 bits per heavy atom. The number of anilines is 4. The highest BCUT2D eigenvalue weighted by Gasteiger charge is 2.30. The van der Waals surface area contributed by atoms with Crippen molar-refractivity contribution in [3.8, 4) is 5.75 Å². The van der Waals surface area contributed by atoms with Gasteiger partial charge in [-0.1, -0.05) is 0 Å². The van der Waals surface area contributed by atoms with Crippen LogP contribution in [0.3, 0.4) is 0 Å². The summed E-state index contributed by atoms with van der Waals surface area (Å²) >= 11 is 0. The van der Waals surface area contributed by atoms with Crippen LogP contribution in [0.5, 0.6) is 5.75 Å². The molecule has 0 bridgehead atoms. The number of hydrogen-bond donors (Lipinski definition) is 4. The van der Waals surface area contributed by atoms with Crippen molar-refractivity contribution < 1.29 is 23.1 Å². The number of benzene rings is 1. The molecule has 8 nitrogen and oxygen atoms in total. The normalized spacial score (nSPS) is 13.0. The summed E-state index contributed by atoms with van der Waals surface area (Å²) < 4.78 is 32.4. The third-order valence-electron chi connectivity index (χ3n) is 4.22. The minimum Gasteiger partial charge on any atom is -0.491 e. The average Bonchev–Trinajstić information content (AvgIpc) is 3.49. The van der Waals surface area contributed by atoms with E-state index in [1.54, 1.807) is 0 Å². The Balaban J connectivity index is 2.04. The van der Waals surface area contributed by atoms with Crippen LogP contribution in [0.25, 0.3) is 0 Å². The largest absolute Gasteiger partial charge is 0.491 e. The smallest absolute Gasteiger partial charge is 0.256 e. The number of rotatable bonds is 6. The molecule has 0 atom stereocenters. The fraction of sp³-hybridized carbons (Fsp3) is 0.278. The molecular weight excluding hydrogens is 372 g/mol. The van der Waals surface area contributed by atoms with Crippen LogP contribution in [0, 0.1) is 17.6 Å². The lowest BCUT2D eigenvalue weighted by atomic mass is 10.1. The number of hydrogen-bond acceptors (Lipinski definition) is 6. The Morgan fingerprint density at radius 2 is 1.96 bits per heavy atom. The van der Waals surface area contributed by atoms with Gasteiger partial charge in [0.2, 0.25) is 11.7 Å². The Labute approximate surface area is 159 Å². The van der Waals surface area contributed by atoms with Gasteiger partial charge in [0.15, 0.2) is 11.6 Å². The lowest BCUT2D eigenvalue weighted by Gasteiger charge is -2.17. The van der Waals surface area contributed by atoms with Gasteiger partial charge in [0.05, 0.1) is 18.5 Å². The molecule has 0 unspecified atom stereocenters. The molecule has 1 aliphatic carbocycles. The van der Waals surface area contributed by atoms with Crippen molar-refractivity contribution in [3.05, 3.63) is 35.4 Å². The number of carbonyl (C=O) groups excluding carboxylic acids is 2. The molecule has 1 heterocycles. The number of aromatic nitrogens is 1. The van der Waals surface area contributed by atoms with Crippen molar-refractivity contribution in [2.75, 3.05) is 30.5 Å². The molecule has 0 radical (unpaired) electrons. The Hall–Kier alpha value is -3.43. The standard InChI is InChI=1S/C18H19F2N5O3/c1-22-18(27)13-11(23-10-6-5-9(19)14(20)15(10)28-2)7-12(24-16(13)21)25-17(26)8-3-4-8/h5-8H,3-4H2,1-2H3,(H,22,27)(H4,21,23,24,25,26). The van der Waals surface area contributed by atoms with E-state index >= 15 is 0 Å². The van der Waals surface area contributed by atoms with Crippen LogP contribution in [0.15, 0.2) is 18.2 Å². The summed E-state index contributed by atoms with van der Waals surface area (Å²) in [4.78, 5) is 28.3. The summed E-state index contributed by atoms with van der Waals surface area (Å²) in [5.41, 5.74) is 6.11. The second-order valence-corrected chi connectivity index (χ2v) is 6.23. The molecule has 2 aromatic rings. The number of amides is 2. The van der Waals surface area contributed by atoms with Crippen molar-refractivity contribution >= 4 is 34.8 Å². The zero-order valence-corrected chi connectivity index (χ0v) is 15.2. The molecule has 0 spiro atoms. The fourth-order valence-corrected chi connectivity index (χ4v) is 2.64. The number of nitrogen functional groups attached to an aromatic ring is 1. The van der Waals surface area contributed by atoms with Gasteiger partial charge in [0.25, 0.3) is 5.91 Å². The van der Waals surface area contributed by atoms with E-state index in [1.165, 1.54) is 26.3 Å². The molecular formula is C18H19F2N5O3. The Morgan fingerprint density at radius 1 is 1.25 bits per heavy atom. The van der Waals surface area contributed by atoms with Crippen LogP contribution < -0.4 is 26.4 Å². The minimum absolute atomic E-state index is 0.0151. The van der Waals surface area contributed by atoms with Crippen molar-refractivity contribution in [2.24, 2.45) is 5.92 Å². The van der Waals surface area contributed by atoms with Crippen LogP contribution >= 0.6 is 0 Å². The number of ether oxygens (including phenoxy) is 1. The topological polar surface area (TPSA) is 118 Å². The molecule has 10 heteroatoms.